The number of hydrogen-bond acceptors (Lipinski definition) is 15. The van der Waals surface area contributed by atoms with E-state index < -0.39 is 82.3 Å². The fourth-order valence-electron chi connectivity index (χ4n) is 7.15. The van der Waals surface area contributed by atoms with Crippen LogP contribution in [0.15, 0.2) is 72.8 Å². The van der Waals surface area contributed by atoms with Gasteiger partial charge in [-0.3, -0.25) is 9.59 Å². The Labute approximate surface area is 470 Å². The highest BCUT2D eigenvalue weighted by Crippen LogP contribution is 2.37. The quantitative estimate of drug-likeness (QED) is 0.0367. The van der Waals surface area contributed by atoms with Crippen LogP contribution in [0.3, 0.4) is 0 Å². The van der Waals surface area contributed by atoms with Crippen molar-refractivity contribution in [2.45, 2.75) is 116 Å². The Hall–Kier alpha value is -8.68. The summed E-state index contributed by atoms with van der Waals surface area (Å²) in [5.74, 6) is 12.9. The van der Waals surface area contributed by atoms with Crippen molar-refractivity contribution < 1.29 is 82.8 Å². The number of carbonyl (C=O) groups excluding carboxylic acids is 5. The van der Waals surface area contributed by atoms with E-state index in [4.69, 9.17) is 55.1 Å². The summed E-state index contributed by atoms with van der Waals surface area (Å²) in [5, 5.41) is 53.2. The molecule has 81 heavy (non-hydrogen) atoms. The third-order valence-corrected chi connectivity index (χ3v) is 11.9. The molecule has 6 rings (SSSR count). The highest BCUT2D eigenvalue weighted by molar-refractivity contribution is 6.27. The van der Waals surface area contributed by atoms with Gasteiger partial charge in [-0.15, -0.1) is 0 Å². The topological polar surface area (TPSA) is 337 Å². The Morgan fingerprint density at radius 2 is 0.988 bits per heavy atom. The van der Waals surface area contributed by atoms with Gasteiger partial charge in [-0.05, 0) is 176 Å². The first kappa shape index (κ1) is 66.6. The zero-order chi connectivity index (χ0) is 61.2. The van der Waals surface area contributed by atoms with Crippen LogP contribution in [-0.2, 0) is 38.1 Å². The minimum Gasteiger partial charge on any atom is -0.478 e. The molecule has 4 aromatic carbocycles. The fraction of sp³-hybridized carbons (Fsp3) is 0.433. The highest BCUT2D eigenvalue weighted by Gasteiger charge is 2.40. The lowest BCUT2D eigenvalue weighted by Gasteiger charge is -2.34. The second-order valence-corrected chi connectivity index (χ2v) is 22.0. The number of hydrogen-bond donors (Lipinski definition) is 9. The number of rotatable bonds is 11. The molecule has 2 aliphatic rings. The van der Waals surface area contributed by atoms with Gasteiger partial charge in [-0.1, -0.05) is 47.9 Å². The molecule has 2 unspecified atom stereocenters. The predicted octanol–water partition coefficient (Wildman–Crippen LogP) is 5.86. The number of methoxy groups -OCH3 is 2. The summed E-state index contributed by atoms with van der Waals surface area (Å²) in [4.78, 5) is 90.0. The second-order valence-electron chi connectivity index (χ2n) is 22.0. The third-order valence-electron chi connectivity index (χ3n) is 11.9. The zero-order valence-corrected chi connectivity index (χ0v) is 47.4. The lowest BCUT2D eigenvalue weighted by atomic mass is 9.94. The summed E-state index contributed by atoms with van der Waals surface area (Å²) in [6.45, 7) is 17.3. The highest BCUT2D eigenvalue weighted by atomic mass is 16.6. The Balaban J connectivity index is 0.000000334. The van der Waals surface area contributed by atoms with Crippen molar-refractivity contribution in [2.75, 3.05) is 27.4 Å². The number of fused-ring (bicyclic) bond motifs is 2. The molecule has 0 heterocycles. The van der Waals surface area contributed by atoms with Gasteiger partial charge in [0.1, 0.15) is 23.3 Å². The van der Waals surface area contributed by atoms with Crippen molar-refractivity contribution >= 4 is 69.5 Å². The molecule has 0 radical (unpaired) electrons. The van der Waals surface area contributed by atoms with Crippen LogP contribution in [0, 0.1) is 59.2 Å². The Morgan fingerprint density at radius 3 is 1.42 bits per heavy atom. The first-order valence-electron chi connectivity index (χ1n) is 25.4. The third kappa shape index (κ3) is 22.5. The zero-order valence-electron chi connectivity index (χ0n) is 47.4. The molecule has 0 saturated heterocycles. The van der Waals surface area contributed by atoms with Crippen molar-refractivity contribution in [2.24, 2.45) is 29.4 Å². The van der Waals surface area contributed by atoms with E-state index in [2.05, 4.69) is 56.2 Å². The number of amides is 3. The molecule has 3 amide bonds. The number of benzene rings is 4. The van der Waals surface area contributed by atoms with E-state index in [0.717, 1.165) is 45.5 Å². The number of esters is 2. The summed E-state index contributed by atoms with van der Waals surface area (Å²) < 4.78 is 19.8. The average molecular weight is 1120 g/mol. The van der Waals surface area contributed by atoms with Gasteiger partial charge in [-0.2, -0.15) is 0 Å². The van der Waals surface area contributed by atoms with Gasteiger partial charge < -0.3 is 66.2 Å². The predicted molar refractivity (Wildman–Crippen MR) is 299 cm³/mol. The van der Waals surface area contributed by atoms with Gasteiger partial charge in [0, 0.05) is 41.7 Å². The molecule has 0 aromatic heterocycles. The van der Waals surface area contributed by atoms with Crippen LogP contribution in [0.2, 0.25) is 0 Å². The molecule has 0 bridgehead atoms. The van der Waals surface area contributed by atoms with Crippen LogP contribution in [0.1, 0.15) is 114 Å². The normalized spacial score (nSPS) is 16.5. The van der Waals surface area contributed by atoms with E-state index in [1.54, 1.807) is 106 Å². The van der Waals surface area contributed by atoms with Crippen LogP contribution in [0.4, 0.5) is 9.59 Å². The number of carbonyl (C=O) groups is 8. The molecule has 0 spiro atoms. The van der Waals surface area contributed by atoms with Crippen molar-refractivity contribution in [1.82, 2.24) is 16.0 Å². The molecule has 2 fully saturated rings. The van der Waals surface area contributed by atoms with E-state index in [-0.39, 0.29) is 25.0 Å². The Bertz CT molecular complexity index is 3160. The molecular weight excluding hydrogens is 1050 g/mol. The number of nitrogens with two attached hydrogens (primary N) is 1. The number of alkyl carbamates (subject to hydrolysis) is 2. The SMILES string of the molecule is COC(=O)[C@@H](N)C(C)(C)NC(=O)OC(C)(C)C.COC(=O)[C@@H](NC(=O)c1ccc2cc(C#CC#CC3C[C@@H]3CO)ccc2c1)C(C)(C)NC(=O)OC(C)(C)C.O=C(O)C(=O)O.O=C(O)c1ccc2cc(C#CC3C[C@@H]3CO)ccc2c1. The van der Waals surface area contributed by atoms with Crippen LogP contribution in [0.25, 0.3) is 21.5 Å². The van der Waals surface area contributed by atoms with Crippen LogP contribution in [0.5, 0.6) is 0 Å². The molecule has 4 aromatic rings. The summed E-state index contributed by atoms with van der Waals surface area (Å²) in [5.41, 5.74) is 4.53. The van der Waals surface area contributed by atoms with E-state index in [0.29, 0.717) is 23.0 Å². The Kier molecular flexibility index (Phi) is 23.8. The van der Waals surface area contributed by atoms with Crippen LogP contribution >= 0.6 is 0 Å². The van der Waals surface area contributed by atoms with Gasteiger partial charge in [0.2, 0.25) is 0 Å². The molecule has 434 valence electrons. The minimum atomic E-state index is -1.82. The maximum atomic E-state index is 13.1. The van der Waals surface area contributed by atoms with E-state index in [9.17, 15) is 28.8 Å². The van der Waals surface area contributed by atoms with Gasteiger partial charge >= 0.3 is 42.0 Å². The number of carboxylic acids is 3. The van der Waals surface area contributed by atoms with Gasteiger partial charge in [0.05, 0.1) is 30.9 Å². The summed E-state index contributed by atoms with van der Waals surface area (Å²) in [6, 6.07) is 19.5. The number of aliphatic hydroxyl groups excluding tert-OH is 2. The molecule has 0 aliphatic heterocycles. The number of aliphatic hydroxyl groups is 2. The van der Waals surface area contributed by atoms with Crippen molar-refractivity contribution in [3.05, 3.63) is 95.1 Å². The summed E-state index contributed by atoms with van der Waals surface area (Å²) in [6.07, 6.45) is 0.568. The van der Waals surface area contributed by atoms with Crippen LogP contribution in [-0.4, -0.2) is 135 Å². The molecule has 10 N–H and O–H groups in total. The summed E-state index contributed by atoms with van der Waals surface area (Å²) >= 11 is 0. The maximum absolute atomic E-state index is 13.1. The Morgan fingerprint density at radius 1 is 0.568 bits per heavy atom. The molecule has 2 saturated carbocycles. The van der Waals surface area contributed by atoms with E-state index in [1.807, 2.05) is 36.4 Å². The lowest BCUT2D eigenvalue weighted by molar-refractivity contribution is -0.159. The van der Waals surface area contributed by atoms with Gasteiger partial charge in [0.25, 0.3) is 5.91 Å². The average Bonchev–Trinajstić information content (AvgIpc) is 4.38. The molecule has 21 heteroatoms. The first-order valence-corrected chi connectivity index (χ1v) is 25.4. The smallest absolute Gasteiger partial charge is 0.414 e. The van der Waals surface area contributed by atoms with Gasteiger partial charge in [0.15, 0.2) is 0 Å². The number of ether oxygens (including phenoxy) is 4. The fourth-order valence-corrected chi connectivity index (χ4v) is 7.15. The van der Waals surface area contributed by atoms with Gasteiger partial charge in [-0.25, -0.2) is 28.8 Å². The molecule has 2 aliphatic carbocycles. The van der Waals surface area contributed by atoms with E-state index >= 15 is 0 Å². The van der Waals surface area contributed by atoms with Crippen LogP contribution < -0.4 is 21.7 Å². The molecular formula is C60H72N4O17. The second kappa shape index (κ2) is 29.0. The van der Waals surface area contributed by atoms with Crippen molar-refractivity contribution in [3.8, 4) is 35.5 Å². The molecule has 6 atom stereocenters. The maximum Gasteiger partial charge on any atom is 0.414 e. The van der Waals surface area contributed by atoms with Crippen molar-refractivity contribution in [3.63, 3.8) is 0 Å². The lowest BCUT2D eigenvalue weighted by Crippen LogP contribution is -2.62. The monoisotopic (exact) mass is 1120 g/mol. The molecule has 21 nitrogen and oxygen atoms in total. The van der Waals surface area contributed by atoms with Crippen molar-refractivity contribution in [1.29, 1.82) is 0 Å². The minimum absolute atomic E-state index is 0.168. The van der Waals surface area contributed by atoms with E-state index in [1.165, 1.54) is 14.2 Å². The number of nitrogens with one attached hydrogen (secondary N) is 3. The number of aliphatic carboxylic acids is 2. The largest absolute Gasteiger partial charge is 0.478 e. The first-order chi connectivity index (χ1) is 37.6. The number of aromatic carboxylic acids is 1. The number of carboxylic acid groups (broad SMARTS) is 3. The summed E-state index contributed by atoms with van der Waals surface area (Å²) in [7, 11) is 2.46. The standard InChI is InChI=1S/C30H34N2O6.C17H14O3.C11H22N2O4.C2H2O4/c1-29(2,3)38-28(36)32-30(4,5)25(27(35)37-6)31-26(34)23-14-13-21-15-19(11-12-22(21)16-23)9-7-8-10-20-17-24(20)18-33;18-10-16-9-14(16)4-2-11-1-3-13-8-15(17(19)20)6-5-12(13)7-11;1-10(2,3)17-9(15)13-11(4,5)7(12)8(14)16-6;3-1(4)2(5)6/h11-16,20,24-25,33H,17-18H2,1-6H3,(H,31,34)(H,32,36);1,3,5-8,14,16,18H,9-10H2,(H,19,20);7H,12H2,1-6H3,(H,13,15);(H,3,4)(H,5,6)/t20?,24-,25-;14?,16-;7-;/m111./s1.